The number of benzene rings is 2. The summed E-state index contributed by atoms with van der Waals surface area (Å²) in [6.45, 7) is 0.121. The van der Waals surface area contributed by atoms with Gasteiger partial charge in [-0.25, -0.2) is 4.39 Å². The Morgan fingerprint density at radius 1 is 1.19 bits per heavy atom. The van der Waals surface area contributed by atoms with Gasteiger partial charge in [-0.2, -0.15) is 0 Å². The number of rotatable bonds is 3. The molecule has 1 nitrogen and oxygen atoms in total. The summed E-state index contributed by atoms with van der Waals surface area (Å²) in [7, 11) is 0. The molecule has 81 valence electrons. The van der Waals surface area contributed by atoms with Gasteiger partial charge >= 0.3 is 0 Å². The number of hydrogen-bond donors (Lipinski definition) is 0. The van der Waals surface area contributed by atoms with Gasteiger partial charge in [0.05, 0.1) is 5.02 Å². The minimum atomic E-state index is -0.352. The van der Waals surface area contributed by atoms with Crippen LogP contribution in [0.5, 0.6) is 5.75 Å². The monoisotopic (exact) mass is 235 g/mol. The normalized spacial score (nSPS) is 10.1. The highest BCUT2D eigenvalue weighted by molar-refractivity contribution is 6.31. The number of ether oxygens (including phenoxy) is 1. The first-order chi connectivity index (χ1) is 7.77. The van der Waals surface area contributed by atoms with E-state index >= 15 is 0 Å². The molecule has 3 heteroatoms. The molecule has 0 heterocycles. The van der Waals surface area contributed by atoms with Gasteiger partial charge in [0.2, 0.25) is 0 Å². The zero-order valence-corrected chi connectivity index (χ0v) is 9.17. The highest BCUT2D eigenvalue weighted by atomic mass is 35.5. The van der Waals surface area contributed by atoms with E-state index in [1.54, 1.807) is 36.4 Å². The van der Waals surface area contributed by atoms with Gasteiger partial charge in [0.15, 0.2) is 0 Å². The second-order valence-electron chi connectivity index (χ2n) is 3.22. The van der Waals surface area contributed by atoms with Crippen molar-refractivity contribution in [3.8, 4) is 5.75 Å². The Morgan fingerprint density at radius 3 is 2.62 bits per heavy atom. The standard InChI is InChI=1S/C13H9ClFO/c14-12-7-4-8-13(15)11(12)9-16-10-5-2-1-3-6-10/h2-8H,9H2. The van der Waals surface area contributed by atoms with Gasteiger partial charge in [0.1, 0.15) is 18.2 Å². The van der Waals surface area contributed by atoms with Crippen LogP contribution in [0.15, 0.2) is 42.5 Å². The van der Waals surface area contributed by atoms with E-state index in [1.165, 1.54) is 6.07 Å². The van der Waals surface area contributed by atoms with Crippen molar-refractivity contribution in [1.29, 1.82) is 0 Å². The van der Waals surface area contributed by atoms with Gasteiger partial charge < -0.3 is 4.74 Å². The van der Waals surface area contributed by atoms with Gasteiger partial charge in [0.25, 0.3) is 0 Å². The summed E-state index contributed by atoms with van der Waals surface area (Å²) in [5.74, 6) is 0.313. The molecule has 0 aromatic heterocycles. The predicted molar refractivity (Wildman–Crippen MR) is 61.0 cm³/mol. The van der Waals surface area contributed by atoms with E-state index in [-0.39, 0.29) is 12.4 Å². The maximum Gasteiger partial charge on any atom is 0.131 e. The predicted octanol–water partition coefficient (Wildman–Crippen LogP) is 3.86. The average molecular weight is 236 g/mol. The fourth-order valence-corrected chi connectivity index (χ4v) is 1.51. The van der Waals surface area contributed by atoms with Crippen molar-refractivity contribution in [3.05, 3.63) is 64.9 Å². The molecule has 0 unspecified atom stereocenters. The molecule has 0 spiro atoms. The second kappa shape index (κ2) is 4.99. The maximum atomic E-state index is 13.4. The Morgan fingerprint density at radius 2 is 1.94 bits per heavy atom. The molecule has 0 saturated carbocycles. The summed E-state index contributed by atoms with van der Waals surface area (Å²) >= 11 is 5.87. The number of hydrogen-bond acceptors (Lipinski definition) is 1. The Labute approximate surface area is 98.4 Å². The first-order valence-corrected chi connectivity index (χ1v) is 5.17. The van der Waals surface area contributed by atoms with Gasteiger partial charge in [-0.05, 0) is 30.3 Å². The largest absolute Gasteiger partial charge is 0.489 e. The summed E-state index contributed by atoms with van der Waals surface area (Å²) < 4.78 is 18.8. The van der Waals surface area contributed by atoms with Crippen molar-refractivity contribution in [2.45, 2.75) is 6.61 Å². The summed E-state index contributed by atoms with van der Waals surface area (Å²) in [5, 5.41) is 0.377. The van der Waals surface area contributed by atoms with E-state index in [0.717, 1.165) is 0 Å². The highest BCUT2D eigenvalue weighted by Gasteiger charge is 2.07. The van der Waals surface area contributed by atoms with Crippen molar-refractivity contribution in [1.82, 2.24) is 0 Å². The molecule has 0 saturated heterocycles. The first kappa shape index (κ1) is 11.0. The molecule has 2 aromatic carbocycles. The topological polar surface area (TPSA) is 9.23 Å². The Kier molecular flexibility index (Phi) is 3.42. The van der Waals surface area contributed by atoms with E-state index in [2.05, 4.69) is 6.07 Å². The molecule has 0 fully saturated rings. The summed E-state index contributed by atoms with van der Waals surface area (Å²) in [6.07, 6.45) is 0. The van der Waals surface area contributed by atoms with E-state index < -0.39 is 0 Å². The highest BCUT2D eigenvalue weighted by Crippen LogP contribution is 2.21. The van der Waals surface area contributed by atoms with E-state index in [4.69, 9.17) is 16.3 Å². The quantitative estimate of drug-likeness (QED) is 0.785. The Balaban J connectivity index is 2.11. The molecule has 0 bridgehead atoms. The first-order valence-electron chi connectivity index (χ1n) is 4.79. The van der Waals surface area contributed by atoms with Crippen molar-refractivity contribution in [3.63, 3.8) is 0 Å². The lowest BCUT2D eigenvalue weighted by Gasteiger charge is -2.08. The van der Waals surface area contributed by atoms with Crippen molar-refractivity contribution in [2.24, 2.45) is 0 Å². The van der Waals surface area contributed by atoms with Crippen molar-refractivity contribution in [2.75, 3.05) is 0 Å². The van der Waals surface area contributed by atoms with E-state index in [9.17, 15) is 4.39 Å². The minimum Gasteiger partial charge on any atom is -0.489 e. The molecular formula is C13H9ClFO. The molecule has 0 aliphatic rings. The van der Waals surface area contributed by atoms with Crippen LogP contribution in [0, 0.1) is 11.9 Å². The summed E-state index contributed by atoms with van der Waals surface area (Å²) in [6, 6.07) is 14.4. The molecule has 2 aromatic rings. The molecule has 0 amide bonds. The van der Waals surface area contributed by atoms with Crippen LogP contribution < -0.4 is 4.74 Å². The molecule has 16 heavy (non-hydrogen) atoms. The summed E-state index contributed by atoms with van der Waals surface area (Å²) in [4.78, 5) is 0. The van der Waals surface area contributed by atoms with Crippen molar-refractivity contribution < 1.29 is 9.13 Å². The average Bonchev–Trinajstić information content (AvgIpc) is 2.30. The van der Waals surface area contributed by atoms with Crippen LogP contribution in [0.3, 0.4) is 0 Å². The van der Waals surface area contributed by atoms with Gasteiger partial charge in [-0.15, -0.1) is 0 Å². The van der Waals surface area contributed by atoms with Crippen LogP contribution in [0.25, 0.3) is 0 Å². The lowest BCUT2D eigenvalue weighted by molar-refractivity contribution is 0.300. The molecular weight excluding hydrogens is 227 g/mol. The fourth-order valence-electron chi connectivity index (χ4n) is 1.29. The van der Waals surface area contributed by atoms with Crippen LogP contribution in [0.2, 0.25) is 5.02 Å². The summed E-state index contributed by atoms with van der Waals surface area (Å²) in [5.41, 5.74) is 0.372. The lowest BCUT2D eigenvalue weighted by atomic mass is 10.2. The maximum absolute atomic E-state index is 13.4. The van der Waals surface area contributed by atoms with E-state index in [1.807, 2.05) is 0 Å². The Bertz CT molecular complexity index is 450. The molecule has 0 N–H and O–H groups in total. The van der Waals surface area contributed by atoms with Crippen LogP contribution in [-0.4, -0.2) is 0 Å². The van der Waals surface area contributed by atoms with Crippen LogP contribution in [0.1, 0.15) is 5.56 Å². The molecule has 2 rings (SSSR count). The SMILES string of the molecule is Fc1cccc(Cl)c1COc1cc[c]cc1. The van der Waals surface area contributed by atoms with Gasteiger partial charge in [0, 0.05) is 5.56 Å². The third-order valence-electron chi connectivity index (χ3n) is 2.13. The lowest BCUT2D eigenvalue weighted by Crippen LogP contribution is -1.99. The zero-order chi connectivity index (χ0) is 11.4. The molecule has 1 radical (unpaired) electrons. The van der Waals surface area contributed by atoms with Gasteiger partial charge in [-0.1, -0.05) is 29.8 Å². The van der Waals surface area contributed by atoms with Crippen molar-refractivity contribution >= 4 is 11.6 Å². The third-order valence-corrected chi connectivity index (χ3v) is 2.49. The Hall–Kier alpha value is -1.54. The van der Waals surface area contributed by atoms with Crippen LogP contribution in [0.4, 0.5) is 4.39 Å². The molecule has 0 atom stereocenters. The fraction of sp³-hybridized carbons (Fsp3) is 0.0769. The second-order valence-corrected chi connectivity index (χ2v) is 3.63. The van der Waals surface area contributed by atoms with Crippen LogP contribution in [-0.2, 0) is 6.61 Å². The smallest absolute Gasteiger partial charge is 0.131 e. The van der Waals surface area contributed by atoms with Crippen LogP contribution >= 0.6 is 11.6 Å². The number of halogens is 2. The zero-order valence-electron chi connectivity index (χ0n) is 8.41. The third kappa shape index (κ3) is 2.52. The van der Waals surface area contributed by atoms with E-state index in [0.29, 0.717) is 16.3 Å². The molecule has 0 aliphatic heterocycles. The minimum absolute atomic E-state index is 0.121. The molecule has 0 aliphatic carbocycles. The van der Waals surface area contributed by atoms with Gasteiger partial charge in [-0.3, -0.25) is 0 Å².